The molecular weight excluding hydrogens is 224 g/mol. The zero-order valence-electron chi connectivity index (χ0n) is 11.9. The largest absolute Gasteiger partial charge is 0.355 e. The van der Waals surface area contributed by atoms with Gasteiger partial charge in [-0.15, -0.1) is 0 Å². The Kier molecular flexibility index (Phi) is 5.29. The van der Waals surface area contributed by atoms with E-state index in [-0.39, 0.29) is 0 Å². The third kappa shape index (κ3) is 4.16. The number of hydrogen-bond acceptors (Lipinski definition) is 2. The quantitative estimate of drug-likeness (QED) is 0.557. The molecule has 0 radical (unpaired) electrons. The Labute approximate surface area is 111 Å². The summed E-state index contributed by atoms with van der Waals surface area (Å²) < 4.78 is 0. The van der Waals surface area contributed by atoms with E-state index in [2.05, 4.69) is 27.4 Å². The Hall–Kier alpha value is -0.770. The van der Waals surface area contributed by atoms with Crippen LogP contribution >= 0.6 is 0 Å². The molecule has 0 unspecified atom stereocenters. The molecule has 0 spiro atoms. The van der Waals surface area contributed by atoms with Crippen LogP contribution < -0.4 is 10.6 Å². The fourth-order valence-electron chi connectivity index (χ4n) is 2.81. The van der Waals surface area contributed by atoms with Crippen LogP contribution in [0.25, 0.3) is 0 Å². The second-order valence-corrected chi connectivity index (χ2v) is 5.48. The van der Waals surface area contributed by atoms with Gasteiger partial charge in [-0.2, -0.15) is 0 Å². The molecule has 2 aliphatic carbocycles. The van der Waals surface area contributed by atoms with E-state index < -0.39 is 0 Å². The zero-order chi connectivity index (χ0) is 12.8. The first-order chi connectivity index (χ1) is 8.83. The second kappa shape index (κ2) is 6.98. The maximum Gasteiger partial charge on any atom is 0.191 e. The predicted molar refractivity (Wildman–Crippen MR) is 77.0 cm³/mol. The minimum atomic E-state index is 0.641. The third-order valence-electron chi connectivity index (χ3n) is 4.08. The molecule has 2 fully saturated rings. The van der Waals surface area contributed by atoms with E-state index in [4.69, 9.17) is 0 Å². The normalized spacial score (nSPS) is 21.6. The van der Waals surface area contributed by atoms with Gasteiger partial charge >= 0.3 is 0 Å². The first kappa shape index (κ1) is 13.7. The molecule has 0 bridgehead atoms. The highest BCUT2D eigenvalue weighted by Crippen LogP contribution is 2.25. The van der Waals surface area contributed by atoms with Crippen molar-refractivity contribution >= 4 is 5.96 Å². The van der Waals surface area contributed by atoms with Crippen LogP contribution in [0.3, 0.4) is 0 Å². The Morgan fingerprint density at radius 3 is 2.50 bits per heavy atom. The summed E-state index contributed by atoms with van der Waals surface area (Å²) in [7, 11) is 1.86. The molecule has 104 valence electrons. The molecule has 2 rings (SSSR count). The van der Waals surface area contributed by atoms with Gasteiger partial charge < -0.3 is 10.6 Å². The smallest absolute Gasteiger partial charge is 0.191 e. The van der Waals surface area contributed by atoms with Gasteiger partial charge in [0.2, 0.25) is 0 Å². The Morgan fingerprint density at radius 1 is 1.22 bits per heavy atom. The molecule has 0 aromatic rings. The lowest BCUT2D eigenvalue weighted by Gasteiger charge is -2.22. The lowest BCUT2D eigenvalue weighted by molar-refractivity contribution is 0.282. The summed E-state index contributed by atoms with van der Waals surface area (Å²) in [6.45, 7) is 5.55. The van der Waals surface area contributed by atoms with Crippen molar-refractivity contribution in [2.75, 3.05) is 26.7 Å². The standard InChI is InChI=1S/C14H28N4/c1-3-18(13-8-9-13)11-10-16-14(15-2)17-12-6-4-5-7-12/h12-13H,3-11H2,1-2H3,(H2,15,16,17). The molecule has 0 aromatic heterocycles. The van der Waals surface area contributed by atoms with E-state index >= 15 is 0 Å². The van der Waals surface area contributed by atoms with Crippen LogP contribution in [0.2, 0.25) is 0 Å². The number of guanidine groups is 1. The second-order valence-electron chi connectivity index (χ2n) is 5.48. The summed E-state index contributed by atoms with van der Waals surface area (Å²) in [6.07, 6.45) is 8.10. The summed E-state index contributed by atoms with van der Waals surface area (Å²) in [6, 6.07) is 1.50. The maximum absolute atomic E-state index is 4.31. The van der Waals surface area contributed by atoms with Crippen LogP contribution in [0.1, 0.15) is 45.4 Å². The highest BCUT2D eigenvalue weighted by Gasteiger charge is 2.27. The van der Waals surface area contributed by atoms with Crippen molar-refractivity contribution in [3.05, 3.63) is 0 Å². The van der Waals surface area contributed by atoms with Gasteiger partial charge in [0, 0.05) is 32.2 Å². The van der Waals surface area contributed by atoms with Crippen molar-refractivity contribution in [1.82, 2.24) is 15.5 Å². The van der Waals surface area contributed by atoms with Crippen LogP contribution in [-0.2, 0) is 0 Å². The lowest BCUT2D eigenvalue weighted by Crippen LogP contribution is -2.45. The van der Waals surface area contributed by atoms with Crippen LogP contribution in [0.4, 0.5) is 0 Å². The van der Waals surface area contributed by atoms with E-state index in [0.717, 1.165) is 25.1 Å². The third-order valence-corrected chi connectivity index (χ3v) is 4.08. The molecule has 2 N–H and O–H groups in total. The van der Waals surface area contributed by atoms with E-state index in [1.165, 1.54) is 45.1 Å². The fourth-order valence-corrected chi connectivity index (χ4v) is 2.81. The fraction of sp³-hybridized carbons (Fsp3) is 0.929. The van der Waals surface area contributed by atoms with Gasteiger partial charge in [0.15, 0.2) is 5.96 Å². The monoisotopic (exact) mass is 252 g/mol. The number of likely N-dealkylation sites (N-methyl/N-ethyl adjacent to an activating group) is 1. The lowest BCUT2D eigenvalue weighted by atomic mass is 10.2. The molecule has 4 heteroatoms. The topological polar surface area (TPSA) is 39.7 Å². The van der Waals surface area contributed by atoms with Crippen molar-refractivity contribution in [3.8, 4) is 0 Å². The van der Waals surface area contributed by atoms with Crippen LogP contribution in [0, 0.1) is 0 Å². The summed E-state index contributed by atoms with van der Waals surface area (Å²) in [5, 5.41) is 6.96. The molecule has 18 heavy (non-hydrogen) atoms. The molecule has 0 atom stereocenters. The van der Waals surface area contributed by atoms with Gasteiger partial charge in [-0.3, -0.25) is 9.89 Å². The highest BCUT2D eigenvalue weighted by molar-refractivity contribution is 5.79. The summed E-state index contributed by atoms with van der Waals surface area (Å²) >= 11 is 0. The minimum absolute atomic E-state index is 0.641. The number of nitrogens with one attached hydrogen (secondary N) is 2. The van der Waals surface area contributed by atoms with Gasteiger partial charge in [0.05, 0.1) is 0 Å². The van der Waals surface area contributed by atoms with E-state index in [0.29, 0.717) is 6.04 Å². The van der Waals surface area contributed by atoms with Crippen molar-refractivity contribution in [2.45, 2.75) is 57.5 Å². The Balaban J connectivity index is 1.63. The van der Waals surface area contributed by atoms with Gasteiger partial charge in [0.25, 0.3) is 0 Å². The highest BCUT2D eigenvalue weighted by atomic mass is 15.2. The minimum Gasteiger partial charge on any atom is -0.355 e. The molecule has 2 saturated carbocycles. The van der Waals surface area contributed by atoms with Gasteiger partial charge in [-0.1, -0.05) is 19.8 Å². The van der Waals surface area contributed by atoms with Gasteiger partial charge in [-0.05, 0) is 32.2 Å². The average molecular weight is 252 g/mol. The van der Waals surface area contributed by atoms with E-state index in [9.17, 15) is 0 Å². The number of rotatable bonds is 6. The van der Waals surface area contributed by atoms with Gasteiger partial charge in [-0.25, -0.2) is 0 Å². The summed E-state index contributed by atoms with van der Waals surface area (Å²) in [5.74, 6) is 0.980. The summed E-state index contributed by atoms with van der Waals surface area (Å²) in [4.78, 5) is 6.88. The maximum atomic E-state index is 4.31. The van der Waals surface area contributed by atoms with Gasteiger partial charge in [0.1, 0.15) is 0 Å². The zero-order valence-corrected chi connectivity index (χ0v) is 11.9. The summed E-state index contributed by atoms with van der Waals surface area (Å²) in [5.41, 5.74) is 0. The molecular formula is C14H28N4. The SMILES string of the molecule is CCN(CCNC(=NC)NC1CCCC1)C1CC1. The van der Waals surface area contributed by atoms with Crippen molar-refractivity contribution < 1.29 is 0 Å². The van der Waals surface area contributed by atoms with Crippen molar-refractivity contribution in [3.63, 3.8) is 0 Å². The molecule has 0 aliphatic heterocycles. The molecule has 0 heterocycles. The van der Waals surface area contributed by atoms with Crippen LogP contribution in [-0.4, -0.2) is 49.6 Å². The molecule has 0 aromatic carbocycles. The molecule has 0 amide bonds. The number of aliphatic imine (C=N–C) groups is 1. The predicted octanol–water partition coefficient (Wildman–Crippen LogP) is 1.58. The Morgan fingerprint density at radius 2 is 1.94 bits per heavy atom. The first-order valence-electron chi connectivity index (χ1n) is 7.54. The molecule has 2 aliphatic rings. The van der Waals surface area contributed by atoms with E-state index in [1.54, 1.807) is 0 Å². The van der Waals surface area contributed by atoms with E-state index in [1.807, 2.05) is 7.05 Å². The first-order valence-corrected chi connectivity index (χ1v) is 7.54. The molecule has 0 saturated heterocycles. The van der Waals surface area contributed by atoms with Crippen LogP contribution in [0.5, 0.6) is 0 Å². The van der Waals surface area contributed by atoms with Crippen molar-refractivity contribution in [1.29, 1.82) is 0 Å². The Bertz CT molecular complexity index is 267. The average Bonchev–Trinajstić information content (AvgIpc) is 3.10. The van der Waals surface area contributed by atoms with Crippen molar-refractivity contribution in [2.24, 2.45) is 4.99 Å². The number of hydrogen-bond donors (Lipinski definition) is 2. The van der Waals surface area contributed by atoms with Crippen LogP contribution in [0.15, 0.2) is 4.99 Å². The number of nitrogens with zero attached hydrogens (tertiary/aromatic N) is 2. The molecule has 4 nitrogen and oxygen atoms in total.